The number of carbonyl (C=O) groups is 1. The normalized spacial score (nSPS) is 14.6. The molecule has 0 saturated heterocycles. The van der Waals surface area contributed by atoms with Gasteiger partial charge in [-0.25, -0.2) is 0 Å². The van der Waals surface area contributed by atoms with E-state index in [4.69, 9.17) is 0 Å². The maximum atomic E-state index is 11.8. The van der Waals surface area contributed by atoms with Gasteiger partial charge in [0.15, 0.2) is 0 Å². The van der Waals surface area contributed by atoms with Crippen LogP contribution in [0.1, 0.15) is 26.7 Å². The highest BCUT2D eigenvalue weighted by Crippen LogP contribution is 2.28. The largest absolute Gasteiger partial charge is 0.391 e. The summed E-state index contributed by atoms with van der Waals surface area (Å²) in [6.07, 6.45) is -4.24. The topological polar surface area (TPSA) is 17.1 Å². The van der Waals surface area contributed by atoms with Crippen LogP contribution >= 0.6 is 0 Å². The summed E-state index contributed by atoms with van der Waals surface area (Å²) in [6, 6.07) is 0. The standard InChI is InChI=1S/C7H11F3O/c1-5(7(8,9)10)3-4-6(2)11/h5H,3-4H2,1-2H3/t5-/m0/s1. The number of ketones is 1. The fourth-order valence-electron chi connectivity index (χ4n) is 0.583. The molecule has 11 heavy (non-hydrogen) atoms. The molecule has 0 fully saturated rings. The van der Waals surface area contributed by atoms with Crippen molar-refractivity contribution in [3.05, 3.63) is 0 Å². The number of halogens is 3. The molecule has 0 spiro atoms. The van der Waals surface area contributed by atoms with E-state index in [0.717, 1.165) is 6.92 Å². The quantitative estimate of drug-likeness (QED) is 0.632. The Kier molecular flexibility index (Phi) is 3.55. The second-order valence-electron chi connectivity index (χ2n) is 2.68. The van der Waals surface area contributed by atoms with Crippen LogP contribution in [0.3, 0.4) is 0 Å². The third kappa shape index (κ3) is 4.81. The first kappa shape index (κ1) is 10.5. The second kappa shape index (κ2) is 3.74. The molecule has 0 heterocycles. The minimum atomic E-state index is -4.16. The lowest BCUT2D eigenvalue weighted by atomic mass is 10.0. The molecule has 0 radical (unpaired) electrons. The van der Waals surface area contributed by atoms with Crippen LogP contribution in [0, 0.1) is 5.92 Å². The van der Waals surface area contributed by atoms with Crippen molar-refractivity contribution in [2.24, 2.45) is 5.92 Å². The average molecular weight is 168 g/mol. The molecule has 0 amide bonds. The molecule has 1 nitrogen and oxygen atoms in total. The van der Waals surface area contributed by atoms with Crippen LogP contribution in [-0.2, 0) is 4.79 Å². The van der Waals surface area contributed by atoms with Crippen molar-refractivity contribution in [3.8, 4) is 0 Å². The van der Waals surface area contributed by atoms with Crippen LogP contribution < -0.4 is 0 Å². The van der Waals surface area contributed by atoms with Gasteiger partial charge >= 0.3 is 6.18 Å². The zero-order chi connectivity index (χ0) is 9.07. The lowest BCUT2D eigenvalue weighted by molar-refractivity contribution is -0.171. The molecular weight excluding hydrogens is 157 g/mol. The molecule has 0 saturated carbocycles. The van der Waals surface area contributed by atoms with Crippen LogP contribution in [0.4, 0.5) is 13.2 Å². The molecule has 0 aliphatic rings. The third-order valence-electron chi connectivity index (χ3n) is 1.49. The van der Waals surface area contributed by atoms with Gasteiger partial charge < -0.3 is 4.79 Å². The van der Waals surface area contributed by atoms with E-state index < -0.39 is 12.1 Å². The van der Waals surface area contributed by atoms with E-state index >= 15 is 0 Å². The maximum absolute atomic E-state index is 11.8. The Balaban J connectivity index is 3.70. The monoisotopic (exact) mass is 168 g/mol. The van der Waals surface area contributed by atoms with Crippen LogP contribution in [0.2, 0.25) is 0 Å². The number of hydrogen-bond donors (Lipinski definition) is 0. The number of hydrogen-bond acceptors (Lipinski definition) is 1. The van der Waals surface area contributed by atoms with Gasteiger partial charge in [-0.3, -0.25) is 0 Å². The van der Waals surface area contributed by atoms with Gasteiger partial charge in [-0.2, -0.15) is 13.2 Å². The Labute approximate surface area is 63.6 Å². The molecule has 4 heteroatoms. The summed E-state index contributed by atoms with van der Waals surface area (Å²) in [6.45, 7) is 2.38. The van der Waals surface area contributed by atoms with Crippen molar-refractivity contribution >= 4 is 5.78 Å². The van der Waals surface area contributed by atoms with Gasteiger partial charge in [0.2, 0.25) is 0 Å². The van der Waals surface area contributed by atoms with Gasteiger partial charge in [-0.15, -0.1) is 0 Å². The molecular formula is C7H11F3O. The van der Waals surface area contributed by atoms with Crippen LogP contribution in [0.25, 0.3) is 0 Å². The van der Waals surface area contributed by atoms with Crippen molar-refractivity contribution in [3.63, 3.8) is 0 Å². The first-order chi connectivity index (χ1) is 4.84. The number of rotatable bonds is 3. The van der Waals surface area contributed by atoms with E-state index in [1.54, 1.807) is 0 Å². The fraction of sp³-hybridized carbons (Fsp3) is 0.857. The van der Waals surface area contributed by atoms with Crippen molar-refractivity contribution in [2.75, 3.05) is 0 Å². The molecule has 0 aromatic heterocycles. The smallest absolute Gasteiger partial charge is 0.300 e. The SMILES string of the molecule is CC(=O)CC[C@H](C)C(F)(F)F. The number of carbonyl (C=O) groups excluding carboxylic acids is 1. The first-order valence-corrected chi connectivity index (χ1v) is 3.40. The molecule has 0 aromatic carbocycles. The zero-order valence-corrected chi connectivity index (χ0v) is 6.53. The predicted octanol–water partition coefficient (Wildman–Crippen LogP) is 2.55. The molecule has 1 atom stereocenters. The summed E-state index contributed by atoms with van der Waals surface area (Å²) in [4.78, 5) is 10.3. The fourth-order valence-corrected chi connectivity index (χ4v) is 0.583. The lowest BCUT2D eigenvalue weighted by Crippen LogP contribution is -2.20. The highest BCUT2D eigenvalue weighted by Gasteiger charge is 2.35. The van der Waals surface area contributed by atoms with Gasteiger partial charge in [0.25, 0.3) is 0 Å². The van der Waals surface area contributed by atoms with Crippen LogP contribution in [0.15, 0.2) is 0 Å². The van der Waals surface area contributed by atoms with Crippen molar-refractivity contribution in [1.82, 2.24) is 0 Å². The molecule has 0 aliphatic carbocycles. The minimum absolute atomic E-state index is 0.0146. The van der Waals surface area contributed by atoms with Gasteiger partial charge in [0, 0.05) is 6.42 Å². The van der Waals surface area contributed by atoms with Gasteiger partial charge in [0.1, 0.15) is 5.78 Å². The van der Waals surface area contributed by atoms with E-state index in [1.807, 2.05) is 0 Å². The second-order valence-corrected chi connectivity index (χ2v) is 2.68. The summed E-state index contributed by atoms with van der Waals surface area (Å²) in [5.41, 5.74) is 0. The van der Waals surface area contributed by atoms with Gasteiger partial charge in [-0.1, -0.05) is 6.92 Å². The number of alkyl halides is 3. The van der Waals surface area contributed by atoms with Gasteiger partial charge in [0.05, 0.1) is 5.92 Å². The summed E-state index contributed by atoms with van der Waals surface area (Å²) in [5.74, 6) is -1.56. The molecule has 0 N–H and O–H groups in total. The van der Waals surface area contributed by atoms with Crippen molar-refractivity contribution in [1.29, 1.82) is 0 Å². The summed E-state index contributed by atoms with van der Waals surface area (Å²) >= 11 is 0. The Morgan fingerprint density at radius 1 is 1.45 bits per heavy atom. The molecule has 66 valence electrons. The van der Waals surface area contributed by atoms with E-state index in [0.29, 0.717) is 0 Å². The molecule has 0 rings (SSSR count). The molecule has 0 aromatic rings. The molecule has 0 unspecified atom stereocenters. The Morgan fingerprint density at radius 2 is 1.91 bits per heavy atom. The zero-order valence-electron chi connectivity index (χ0n) is 6.53. The highest BCUT2D eigenvalue weighted by atomic mass is 19.4. The summed E-state index contributed by atoms with van der Waals surface area (Å²) in [5, 5.41) is 0. The van der Waals surface area contributed by atoms with Crippen LogP contribution in [-0.4, -0.2) is 12.0 Å². The Morgan fingerprint density at radius 3 is 2.18 bits per heavy atom. The van der Waals surface area contributed by atoms with Crippen molar-refractivity contribution in [2.45, 2.75) is 32.9 Å². The third-order valence-corrected chi connectivity index (χ3v) is 1.49. The summed E-state index contributed by atoms with van der Waals surface area (Å²) in [7, 11) is 0. The average Bonchev–Trinajstić information content (AvgIpc) is 1.80. The van der Waals surface area contributed by atoms with Crippen LogP contribution in [0.5, 0.6) is 0 Å². The van der Waals surface area contributed by atoms with E-state index in [2.05, 4.69) is 0 Å². The van der Waals surface area contributed by atoms with E-state index in [9.17, 15) is 18.0 Å². The van der Waals surface area contributed by atoms with Gasteiger partial charge in [-0.05, 0) is 13.3 Å². The Bertz CT molecular complexity index is 139. The summed E-state index contributed by atoms with van der Waals surface area (Å²) < 4.78 is 35.4. The van der Waals surface area contributed by atoms with Crippen molar-refractivity contribution < 1.29 is 18.0 Å². The molecule has 0 aliphatic heterocycles. The molecule has 0 bridgehead atoms. The van der Waals surface area contributed by atoms with E-state index in [-0.39, 0.29) is 18.6 Å². The minimum Gasteiger partial charge on any atom is -0.300 e. The number of Topliss-reactive ketones (excluding diaryl/α,β-unsaturated/α-hetero) is 1. The maximum Gasteiger partial charge on any atom is 0.391 e. The Hall–Kier alpha value is -0.540. The highest BCUT2D eigenvalue weighted by molar-refractivity contribution is 5.75. The first-order valence-electron chi connectivity index (χ1n) is 3.40. The lowest BCUT2D eigenvalue weighted by Gasteiger charge is -2.13. The van der Waals surface area contributed by atoms with E-state index in [1.165, 1.54) is 6.92 Å². The predicted molar refractivity (Wildman–Crippen MR) is 35.1 cm³/mol.